The number of para-hydroxylation sites is 3. The number of nitrogens with zero attached hydrogens (tertiary/aromatic N) is 4. The number of benzene rings is 14. The molecule has 106 heavy (non-hydrogen) atoms. The first-order chi connectivity index (χ1) is 53.2. The molecule has 3 aromatic heterocycles. The lowest BCUT2D eigenvalue weighted by Crippen LogP contribution is -2.61. The van der Waals surface area contributed by atoms with Gasteiger partial charge in [-0.2, -0.15) is 0 Å². The Morgan fingerprint density at radius 2 is 0.802 bits per heavy atom. The fraction of sp³-hybridized carbons (Fsp3) is 0.160. The van der Waals surface area contributed by atoms with E-state index < -0.39 is 24.8 Å². The van der Waals surface area contributed by atoms with Gasteiger partial charge in [-0.3, -0.25) is 0 Å². The maximum atomic E-state index is 9.75. The van der Waals surface area contributed by atoms with E-state index in [1.807, 2.05) is 6.07 Å². The van der Waals surface area contributed by atoms with Gasteiger partial charge in [0.05, 0.1) is 45.7 Å². The van der Waals surface area contributed by atoms with Crippen molar-refractivity contribution < 1.29 is 11.3 Å². The molecule has 6 heteroatoms. The lowest BCUT2D eigenvalue weighted by atomic mass is 9.33. The largest absolute Gasteiger partial charge is 0.456 e. The first kappa shape index (κ1) is 59.5. The second kappa shape index (κ2) is 23.8. The van der Waals surface area contributed by atoms with Gasteiger partial charge < -0.3 is 23.4 Å². The molecule has 0 bridgehead atoms. The monoisotopic (exact) mass is 1370 g/mol. The average Bonchev–Trinajstić information content (AvgIpc) is 1.62. The summed E-state index contributed by atoms with van der Waals surface area (Å²) in [5, 5.41) is 6.43. The fourth-order valence-electron chi connectivity index (χ4n) is 17.0. The smallest absolute Gasteiger partial charge is 0.252 e. The number of furan rings is 1. The van der Waals surface area contributed by atoms with Crippen molar-refractivity contribution >= 4 is 123 Å². The molecule has 0 atom stereocenters. The first-order valence-corrected chi connectivity index (χ1v) is 37.2. The Balaban J connectivity index is 1.03. The molecule has 17 aromatic rings. The third-order valence-electron chi connectivity index (χ3n) is 22.5. The quantitative estimate of drug-likeness (QED) is 0.142. The number of fused-ring (bicyclic) bond motifs is 13. The highest BCUT2D eigenvalue weighted by Gasteiger charge is 2.46. The maximum absolute atomic E-state index is 9.75. The van der Waals surface area contributed by atoms with Crippen LogP contribution in [0.5, 0.6) is 0 Å². The van der Waals surface area contributed by atoms with Crippen LogP contribution in [0.4, 0.5) is 34.1 Å². The average molecular weight is 1370 g/mol. The summed E-state index contributed by atoms with van der Waals surface area (Å²) >= 11 is 0. The number of hydrogen-bond donors (Lipinski definition) is 0. The SMILES string of the molecule is [2H]c1c([2H])c([2H])c(-c2ccc3c(c2)N(c2c(-c4ccccc4)ccc4c2c2ccccc2n4-c2ccccc2)c2cc(-c4cc(C(C)(C)C)cc(C(C)(C)C)c4)cc4c2B3c2ccc(-n3c5ccc(C(C)(C)C)cc5c5cc(C(C)(C)C)ccc53)cc2N4c2cc(-c3ccccc3)cc3oc4ccccc4c23)c([2H])c1[2H]. The van der Waals surface area contributed by atoms with E-state index in [1.165, 1.54) is 33.0 Å². The van der Waals surface area contributed by atoms with Crippen LogP contribution in [0.3, 0.4) is 0 Å². The molecule has 0 fully saturated rings. The zero-order chi connectivity index (χ0) is 76.8. The van der Waals surface area contributed by atoms with Crippen LogP contribution in [-0.4, -0.2) is 15.8 Å². The van der Waals surface area contributed by atoms with Gasteiger partial charge in [-0.25, -0.2) is 0 Å². The molecule has 5 nitrogen and oxygen atoms in total. The van der Waals surface area contributed by atoms with Crippen molar-refractivity contribution in [3.8, 4) is 55.9 Å². The minimum atomic E-state index is -0.475. The van der Waals surface area contributed by atoms with Crippen LogP contribution >= 0.6 is 0 Å². The van der Waals surface area contributed by atoms with Gasteiger partial charge in [0.15, 0.2) is 0 Å². The van der Waals surface area contributed by atoms with Gasteiger partial charge in [-0.15, -0.1) is 0 Å². The molecule has 0 saturated heterocycles. The van der Waals surface area contributed by atoms with Crippen molar-refractivity contribution in [2.45, 2.75) is 105 Å². The highest BCUT2D eigenvalue weighted by atomic mass is 16.3. The Kier molecular flexibility index (Phi) is 13.4. The minimum absolute atomic E-state index is 0.112. The first-order valence-electron chi connectivity index (χ1n) is 39.7. The van der Waals surface area contributed by atoms with E-state index in [9.17, 15) is 5.48 Å². The van der Waals surface area contributed by atoms with Gasteiger partial charge in [0.1, 0.15) is 11.2 Å². The third-order valence-corrected chi connectivity index (χ3v) is 22.5. The molecular weight excluding hydrogens is 1280 g/mol. The fourth-order valence-corrected chi connectivity index (χ4v) is 17.0. The summed E-state index contributed by atoms with van der Waals surface area (Å²) in [5.41, 5.74) is 27.5. The lowest BCUT2D eigenvalue weighted by Gasteiger charge is -2.45. The molecule has 14 aromatic carbocycles. The summed E-state index contributed by atoms with van der Waals surface area (Å²) in [5.74, 6) is 0. The van der Waals surface area contributed by atoms with E-state index in [0.717, 1.165) is 150 Å². The Bertz CT molecular complexity index is 6630. The second-order valence-corrected chi connectivity index (χ2v) is 33.4. The Labute approximate surface area is 629 Å². The number of hydrogen-bond acceptors (Lipinski definition) is 3. The van der Waals surface area contributed by atoms with Crippen molar-refractivity contribution in [1.29, 1.82) is 0 Å². The van der Waals surface area contributed by atoms with Gasteiger partial charge in [0.2, 0.25) is 0 Å². The van der Waals surface area contributed by atoms with Crippen molar-refractivity contribution in [1.82, 2.24) is 9.13 Å². The highest BCUT2D eigenvalue weighted by Crippen LogP contribution is 2.55. The van der Waals surface area contributed by atoms with E-state index in [1.54, 1.807) is 0 Å². The molecule has 0 unspecified atom stereocenters. The summed E-state index contributed by atoms with van der Waals surface area (Å²) in [7, 11) is 0. The van der Waals surface area contributed by atoms with Crippen molar-refractivity contribution in [3.63, 3.8) is 0 Å². The van der Waals surface area contributed by atoms with Crippen LogP contribution < -0.4 is 26.2 Å². The van der Waals surface area contributed by atoms with Crippen LogP contribution in [0.2, 0.25) is 0 Å². The van der Waals surface area contributed by atoms with Crippen LogP contribution in [0, 0.1) is 0 Å². The van der Waals surface area contributed by atoms with Crippen LogP contribution in [0.25, 0.3) is 121 Å². The summed E-state index contributed by atoms with van der Waals surface area (Å²) in [6.45, 7) is 27.2. The molecule has 0 aliphatic carbocycles. The van der Waals surface area contributed by atoms with Crippen LogP contribution in [-0.2, 0) is 21.7 Å². The number of anilines is 6. The maximum Gasteiger partial charge on any atom is 0.252 e. The molecule has 0 amide bonds. The Hall–Kier alpha value is -11.9. The Morgan fingerprint density at radius 3 is 1.44 bits per heavy atom. The second-order valence-electron chi connectivity index (χ2n) is 33.4. The minimum Gasteiger partial charge on any atom is -0.456 e. The molecule has 5 heterocycles. The molecule has 19 rings (SSSR count). The van der Waals surface area contributed by atoms with Crippen LogP contribution in [0.15, 0.2) is 302 Å². The predicted molar refractivity (Wildman–Crippen MR) is 453 cm³/mol. The van der Waals surface area contributed by atoms with Gasteiger partial charge in [0, 0.05) is 66.6 Å². The van der Waals surface area contributed by atoms with Gasteiger partial charge in [-0.05, 0) is 196 Å². The molecule has 2 aliphatic heterocycles. The van der Waals surface area contributed by atoms with E-state index in [-0.39, 0.29) is 39.3 Å². The van der Waals surface area contributed by atoms with Crippen molar-refractivity contribution in [3.05, 3.63) is 319 Å². The predicted octanol–water partition coefficient (Wildman–Crippen LogP) is 25.7. The Morgan fingerprint density at radius 1 is 0.302 bits per heavy atom. The van der Waals surface area contributed by atoms with E-state index >= 15 is 0 Å². The molecule has 0 N–H and O–H groups in total. The van der Waals surface area contributed by atoms with E-state index in [0.29, 0.717) is 5.56 Å². The van der Waals surface area contributed by atoms with E-state index in [2.05, 4.69) is 363 Å². The van der Waals surface area contributed by atoms with E-state index in [4.69, 9.17) is 5.79 Å². The third kappa shape index (κ3) is 10.4. The molecule has 514 valence electrons. The molecule has 2 aliphatic rings. The molecule has 0 spiro atoms. The van der Waals surface area contributed by atoms with Gasteiger partial charge in [0.25, 0.3) is 6.71 Å². The summed E-state index contributed by atoms with van der Waals surface area (Å²) in [6, 6.07) is 96.4. The normalized spacial score (nSPS) is 13.9. The lowest BCUT2D eigenvalue weighted by molar-refractivity contribution is 0.569. The van der Waals surface area contributed by atoms with Gasteiger partial charge in [-0.1, -0.05) is 283 Å². The van der Waals surface area contributed by atoms with Crippen molar-refractivity contribution in [2.75, 3.05) is 9.80 Å². The summed E-state index contributed by atoms with van der Waals surface area (Å²) in [4.78, 5) is 5.09. The summed E-state index contributed by atoms with van der Waals surface area (Å²) in [6.07, 6.45) is 0. The number of rotatable bonds is 8. The molecular formula is C100H85BN4O. The summed E-state index contributed by atoms with van der Waals surface area (Å²) < 4.78 is 58.9. The molecule has 0 saturated carbocycles. The van der Waals surface area contributed by atoms with Gasteiger partial charge >= 0.3 is 0 Å². The molecule has 0 radical (unpaired) electrons. The topological polar surface area (TPSA) is 29.5 Å². The zero-order valence-corrected chi connectivity index (χ0v) is 62.2. The highest BCUT2D eigenvalue weighted by molar-refractivity contribution is 7.00. The van der Waals surface area contributed by atoms with Crippen molar-refractivity contribution in [2.24, 2.45) is 0 Å². The standard InChI is InChI=1S/C100H85BN4O/c1-97(2,3)69-42-48-83-78(59-69)79-60-70(98(4,5)6)43-49-84(79)103(83)74-44-47-81-87(61-74)104(88-54-68(63-31-19-14-20-32-63)57-92-93(88)77-38-26-28-40-91(77)106-92)89-55-67(66-51-71(99(7,8)9)58-72(52-66)100(10,11)12)56-90-95(89)101(81)80-46-41-65(62-29-17-13-18-30-62)53-86(80)105(90)96-75(64-33-21-15-22-34-64)45-50-85-94(96)76-37-25-27-39-82(76)102(85)73-35-23-16-24-36-73/h13-61H,1-12H3/i13D,17D,18D,29D,30D. The zero-order valence-electron chi connectivity index (χ0n) is 67.2. The number of aromatic nitrogens is 2. The van der Waals surface area contributed by atoms with Crippen LogP contribution in [0.1, 0.15) is 112 Å².